The fourth-order valence-electron chi connectivity index (χ4n) is 7.30. The van der Waals surface area contributed by atoms with E-state index >= 15 is 0 Å². The van der Waals surface area contributed by atoms with Gasteiger partial charge < -0.3 is 5.32 Å². The number of nitrogens with one attached hydrogen (secondary N) is 1. The summed E-state index contributed by atoms with van der Waals surface area (Å²) in [4.78, 5) is 40.1. The first-order valence-electron chi connectivity index (χ1n) is 11.7. The lowest BCUT2D eigenvalue weighted by Crippen LogP contribution is -2.59. The number of amides is 3. The first-order valence-corrected chi connectivity index (χ1v) is 11.7. The number of hydrogen-bond donors (Lipinski definition) is 1. The molecule has 5 heteroatoms. The molecule has 5 aliphatic rings. The van der Waals surface area contributed by atoms with E-state index in [0.29, 0.717) is 24.0 Å². The van der Waals surface area contributed by atoms with Crippen LogP contribution < -0.4 is 5.32 Å². The maximum Gasteiger partial charge on any atom is 0.261 e. The van der Waals surface area contributed by atoms with Gasteiger partial charge in [0.1, 0.15) is 0 Å². The van der Waals surface area contributed by atoms with Gasteiger partial charge in [0, 0.05) is 35.0 Å². The number of imide groups is 1. The Labute approximate surface area is 182 Å². The third-order valence-corrected chi connectivity index (χ3v) is 8.08. The molecule has 4 bridgehead atoms. The van der Waals surface area contributed by atoms with Crippen LogP contribution in [0.25, 0.3) is 10.8 Å². The molecule has 5 nitrogen and oxygen atoms in total. The molecule has 2 aromatic rings. The molecule has 1 heterocycles. The summed E-state index contributed by atoms with van der Waals surface area (Å²) in [5, 5.41) is 5.04. The van der Waals surface area contributed by atoms with Gasteiger partial charge in [0.05, 0.1) is 0 Å². The van der Waals surface area contributed by atoms with E-state index in [1.165, 1.54) is 24.2 Å². The summed E-state index contributed by atoms with van der Waals surface area (Å²) in [6.45, 7) is 0.274. The Hall–Kier alpha value is -2.69. The van der Waals surface area contributed by atoms with Crippen molar-refractivity contribution in [2.45, 2.75) is 56.9 Å². The average molecular weight is 417 g/mol. The van der Waals surface area contributed by atoms with Crippen molar-refractivity contribution in [3.63, 3.8) is 0 Å². The summed E-state index contributed by atoms with van der Waals surface area (Å²) in [7, 11) is 0. The van der Waals surface area contributed by atoms with Crippen LogP contribution in [0.1, 0.15) is 72.1 Å². The number of carbonyl (C=O) groups excluding carboxylic acids is 3. The summed E-state index contributed by atoms with van der Waals surface area (Å²) < 4.78 is 0. The number of nitrogens with zero attached hydrogens (tertiary/aromatic N) is 1. The number of carbonyl (C=O) groups is 3. The summed E-state index contributed by atoms with van der Waals surface area (Å²) in [6.07, 6.45) is 8.30. The highest BCUT2D eigenvalue weighted by atomic mass is 16.2. The molecule has 1 N–H and O–H groups in total. The lowest BCUT2D eigenvalue weighted by Gasteiger charge is -2.56. The van der Waals surface area contributed by atoms with Crippen LogP contribution in [0.15, 0.2) is 36.4 Å². The molecule has 0 saturated heterocycles. The highest BCUT2D eigenvalue weighted by Crippen LogP contribution is 2.55. The molecule has 0 aromatic heterocycles. The molecule has 4 saturated carbocycles. The minimum atomic E-state index is -0.254. The molecule has 7 rings (SSSR count). The summed E-state index contributed by atoms with van der Waals surface area (Å²) in [5.74, 6) is 1.93. The van der Waals surface area contributed by atoms with E-state index in [9.17, 15) is 14.4 Å². The molecule has 0 radical (unpaired) electrons. The maximum atomic E-state index is 13.0. The Balaban J connectivity index is 1.11. The first kappa shape index (κ1) is 19.0. The van der Waals surface area contributed by atoms with E-state index in [1.54, 1.807) is 12.1 Å². The van der Waals surface area contributed by atoms with Crippen LogP contribution in [-0.4, -0.2) is 34.7 Å². The van der Waals surface area contributed by atoms with Gasteiger partial charge in [-0.1, -0.05) is 24.3 Å². The van der Waals surface area contributed by atoms with E-state index in [1.807, 2.05) is 24.3 Å². The van der Waals surface area contributed by atoms with Gasteiger partial charge in [0.2, 0.25) is 5.91 Å². The van der Waals surface area contributed by atoms with Gasteiger partial charge in [-0.2, -0.15) is 0 Å². The van der Waals surface area contributed by atoms with Gasteiger partial charge in [-0.05, 0) is 80.2 Å². The monoisotopic (exact) mass is 416 g/mol. The van der Waals surface area contributed by atoms with Crippen molar-refractivity contribution in [2.75, 3.05) is 6.54 Å². The van der Waals surface area contributed by atoms with Crippen LogP contribution >= 0.6 is 0 Å². The average Bonchev–Trinajstić information content (AvgIpc) is 2.73. The molecule has 0 spiro atoms. The molecular formula is C26H28N2O3. The number of benzene rings is 2. The first-order chi connectivity index (χ1) is 15.0. The van der Waals surface area contributed by atoms with Crippen LogP contribution in [0.2, 0.25) is 0 Å². The van der Waals surface area contributed by atoms with Gasteiger partial charge in [0.25, 0.3) is 11.8 Å². The van der Waals surface area contributed by atoms with Crippen LogP contribution in [-0.2, 0) is 4.79 Å². The van der Waals surface area contributed by atoms with Gasteiger partial charge in [-0.25, -0.2) is 0 Å². The minimum Gasteiger partial charge on any atom is -0.351 e. The van der Waals surface area contributed by atoms with Crippen molar-refractivity contribution in [3.8, 4) is 0 Å². The third kappa shape index (κ3) is 3.08. The molecule has 0 atom stereocenters. The minimum absolute atomic E-state index is 0.0111. The molecule has 160 valence electrons. The maximum absolute atomic E-state index is 13.0. The van der Waals surface area contributed by atoms with Gasteiger partial charge >= 0.3 is 0 Å². The van der Waals surface area contributed by atoms with E-state index in [-0.39, 0.29) is 29.8 Å². The second kappa shape index (κ2) is 6.91. The van der Waals surface area contributed by atoms with E-state index < -0.39 is 0 Å². The lowest BCUT2D eigenvalue weighted by molar-refractivity contribution is -0.127. The van der Waals surface area contributed by atoms with Gasteiger partial charge in [-0.3, -0.25) is 19.3 Å². The molecule has 4 aliphatic carbocycles. The zero-order valence-corrected chi connectivity index (χ0v) is 17.7. The van der Waals surface area contributed by atoms with Gasteiger partial charge in [0.15, 0.2) is 0 Å². The Bertz CT molecular complexity index is 1020. The molecule has 1 aliphatic heterocycles. The predicted octanol–water partition coefficient (Wildman–Crippen LogP) is 4.30. The Morgan fingerprint density at radius 1 is 0.903 bits per heavy atom. The van der Waals surface area contributed by atoms with Crippen molar-refractivity contribution in [3.05, 3.63) is 47.5 Å². The molecule has 0 unspecified atom stereocenters. The summed E-state index contributed by atoms with van der Waals surface area (Å²) in [5.41, 5.74) is 1.16. The third-order valence-electron chi connectivity index (χ3n) is 8.08. The fraction of sp³-hybridized carbons (Fsp3) is 0.500. The topological polar surface area (TPSA) is 66.5 Å². The zero-order valence-electron chi connectivity index (χ0n) is 17.7. The summed E-state index contributed by atoms with van der Waals surface area (Å²) in [6, 6.07) is 11.1. The quantitative estimate of drug-likeness (QED) is 0.739. The molecule has 3 amide bonds. The molecule has 4 fully saturated rings. The SMILES string of the molecule is O=C(CCCN1C(=O)c2cccc3cccc(c23)C1=O)NC12CC3CC(CC(C3)C1)C2. The smallest absolute Gasteiger partial charge is 0.261 e. The van der Waals surface area contributed by atoms with Crippen molar-refractivity contribution in [1.82, 2.24) is 10.2 Å². The zero-order chi connectivity index (χ0) is 21.2. The van der Waals surface area contributed by atoms with Crippen LogP contribution in [0.4, 0.5) is 0 Å². The number of rotatable bonds is 5. The Kier molecular flexibility index (Phi) is 4.24. The van der Waals surface area contributed by atoms with Crippen molar-refractivity contribution < 1.29 is 14.4 Å². The standard InChI is InChI=1S/C26H28N2O3/c29-22(27-26-13-16-10-17(14-26)12-18(11-16)15-26)8-3-9-28-24(30)20-6-1-4-19-5-2-7-21(23(19)20)25(28)31/h1-2,4-7,16-18H,3,8-15H2,(H,27,29). The van der Waals surface area contributed by atoms with Crippen molar-refractivity contribution in [2.24, 2.45) is 17.8 Å². The van der Waals surface area contributed by atoms with Crippen LogP contribution in [0.3, 0.4) is 0 Å². The fourth-order valence-corrected chi connectivity index (χ4v) is 7.30. The normalized spacial score (nSPS) is 30.8. The molecule has 2 aromatic carbocycles. The second-order valence-corrected chi connectivity index (χ2v) is 10.3. The Morgan fingerprint density at radius 3 is 2.00 bits per heavy atom. The van der Waals surface area contributed by atoms with E-state index in [0.717, 1.165) is 47.8 Å². The van der Waals surface area contributed by atoms with E-state index in [2.05, 4.69) is 5.32 Å². The lowest BCUT2D eigenvalue weighted by atomic mass is 9.53. The second-order valence-electron chi connectivity index (χ2n) is 10.3. The van der Waals surface area contributed by atoms with Gasteiger partial charge in [-0.15, -0.1) is 0 Å². The highest BCUT2D eigenvalue weighted by Gasteiger charge is 2.51. The highest BCUT2D eigenvalue weighted by molar-refractivity contribution is 6.25. The Morgan fingerprint density at radius 2 is 1.45 bits per heavy atom. The summed E-state index contributed by atoms with van der Waals surface area (Å²) >= 11 is 0. The molecule has 31 heavy (non-hydrogen) atoms. The van der Waals surface area contributed by atoms with Crippen molar-refractivity contribution >= 4 is 28.5 Å². The van der Waals surface area contributed by atoms with Crippen LogP contribution in [0.5, 0.6) is 0 Å². The number of hydrogen-bond acceptors (Lipinski definition) is 3. The van der Waals surface area contributed by atoms with E-state index in [4.69, 9.17) is 0 Å². The van der Waals surface area contributed by atoms with Crippen molar-refractivity contribution in [1.29, 1.82) is 0 Å². The largest absolute Gasteiger partial charge is 0.351 e. The van der Waals surface area contributed by atoms with Crippen LogP contribution in [0, 0.1) is 17.8 Å². The molecular weight excluding hydrogens is 388 g/mol. The predicted molar refractivity (Wildman–Crippen MR) is 118 cm³/mol.